The van der Waals surface area contributed by atoms with Crippen LogP contribution in [0.25, 0.3) is 0 Å². The Morgan fingerprint density at radius 3 is 2.54 bits per heavy atom. The predicted octanol–water partition coefficient (Wildman–Crippen LogP) is 2.48. The fourth-order valence-corrected chi connectivity index (χ4v) is 5.96. The van der Waals surface area contributed by atoms with Crippen LogP contribution in [0.1, 0.15) is 12.8 Å². The maximum Gasteiger partial charge on any atom is 0.181 e. The van der Waals surface area contributed by atoms with Crippen molar-refractivity contribution in [1.29, 1.82) is 0 Å². The summed E-state index contributed by atoms with van der Waals surface area (Å²) in [6, 6.07) is 5.23. The number of piperazine rings is 1. The van der Waals surface area contributed by atoms with Gasteiger partial charge < -0.3 is 4.90 Å². The normalized spacial score (nSPS) is 24.0. The molecular formula is C18H27Cl2N3O2S. The Labute approximate surface area is 166 Å². The summed E-state index contributed by atoms with van der Waals surface area (Å²) >= 11 is 12.0. The summed E-state index contributed by atoms with van der Waals surface area (Å²) in [7, 11) is -1.24. The van der Waals surface area contributed by atoms with Crippen LogP contribution in [0.3, 0.4) is 0 Å². The van der Waals surface area contributed by atoms with Gasteiger partial charge in [0, 0.05) is 50.3 Å². The van der Waals surface area contributed by atoms with Crippen molar-refractivity contribution in [2.75, 3.05) is 58.6 Å². The highest BCUT2D eigenvalue weighted by molar-refractivity contribution is 7.91. The molecule has 0 amide bonds. The second-order valence-electron chi connectivity index (χ2n) is 7.33. The van der Waals surface area contributed by atoms with Crippen LogP contribution in [-0.4, -0.2) is 87.8 Å². The summed E-state index contributed by atoms with van der Waals surface area (Å²) < 4.78 is 25.2. The molecule has 26 heavy (non-hydrogen) atoms. The van der Waals surface area contributed by atoms with E-state index in [0.717, 1.165) is 32.7 Å². The molecule has 0 N–H and O–H groups in total. The van der Waals surface area contributed by atoms with Gasteiger partial charge in [-0.3, -0.25) is 9.80 Å². The molecule has 1 unspecified atom stereocenters. The van der Waals surface area contributed by atoms with Crippen molar-refractivity contribution in [2.24, 2.45) is 0 Å². The fourth-order valence-electron chi connectivity index (χ4n) is 3.86. The van der Waals surface area contributed by atoms with Gasteiger partial charge in [0.1, 0.15) is 0 Å². The van der Waals surface area contributed by atoms with Gasteiger partial charge in [-0.2, -0.15) is 0 Å². The van der Waals surface area contributed by atoms with Gasteiger partial charge in [0.05, 0.1) is 15.7 Å². The maximum absolute atomic E-state index is 12.6. The second kappa shape index (κ2) is 8.76. The van der Waals surface area contributed by atoms with Crippen molar-refractivity contribution in [1.82, 2.24) is 14.7 Å². The molecular weight excluding hydrogens is 393 g/mol. The molecule has 1 atom stereocenters. The largest absolute Gasteiger partial charge is 0.305 e. The lowest BCUT2D eigenvalue weighted by Crippen LogP contribution is -2.54. The molecule has 0 bridgehead atoms. The number of nitrogens with zero attached hydrogens (tertiary/aromatic N) is 3. The van der Waals surface area contributed by atoms with E-state index in [9.17, 15) is 8.42 Å². The molecule has 2 fully saturated rings. The monoisotopic (exact) mass is 419 g/mol. The molecule has 0 radical (unpaired) electrons. The predicted molar refractivity (Wildman–Crippen MR) is 107 cm³/mol. The number of likely N-dealkylation sites (N-methyl/N-ethyl adjacent to an activating group) is 1. The highest BCUT2D eigenvalue weighted by Crippen LogP contribution is 2.26. The van der Waals surface area contributed by atoms with Crippen LogP contribution in [0.4, 0.5) is 0 Å². The van der Waals surface area contributed by atoms with Crippen LogP contribution >= 0.6 is 23.2 Å². The summed E-state index contributed by atoms with van der Waals surface area (Å²) in [6.07, 6.45) is 2.53. The first kappa shape index (κ1) is 20.4. The van der Waals surface area contributed by atoms with Crippen LogP contribution in [-0.2, 0) is 9.84 Å². The van der Waals surface area contributed by atoms with Crippen LogP contribution < -0.4 is 0 Å². The molecule has 0 aromatic heterocycles. The Hall–Kier alpha value is -0.370. The molecule has 5 nitrogen and oxygen atoms in total. The van der Waals surface area contributed by atoms with E-state index in [1.807, 2.05) is 0 Å². The van der Waals surface area contributed by atoms with Gasteiger partial charge in [-0.1, -0.05) is 23.2 Å². The van der Waals surface area contributed by atoms with E-state index < -0.39 is 9.84 Å². The molecule has 2 aliphatic heterocycles. The first-order chi connectivity index (χ1) is 12.3. The number of likely N-dealkylation sites (tertiary alicyclic amines) is 1. The van der Waals surface area contributed by atoms with Crippen LogP contribution in [0.5, 0.6) is 0 Å². The Bertz CT molecular complexity index is 721. The molecule has 0 spiro atoms. The standard InChI is InChI=1S/C18H27Cl2N3O2S/c1-21-6-2-3-16(14-21)23-9-7-22(8-10-23)11-12-26(24,25)18-13-15(19)4-5-17(18)20/h4-5,13,16H,2-3,6-12,14H2,1H3. The van der Waals surface area contributed by atoms with E-state index in [2.05, 4.69) is 21.7 Å². The number of hydrogen-bond donors (Lipinski definition) is 0. The van der Waals surface area contributed by atoms with E-state index >= 15 is 0 Å². The zero-order valence-electron chi connectivity index (χ0n) is 15.2. The number of benzene rings is 1. The second-order valence-corrected chi connectivity index (χ2v) is 10.3. The van der Waals surface area contributed by atoms with Crippen LogP contribution in [0, 0.1) is 0 Å². The Morgan fingerprint density at radius 1 is 1.12 bits per heavy atom. The van der Waals surface area contributed by atoms with Crippen LogP contribution in [0.2, 0.25) is 10.0 Å². The van der Waals surface area contributed by atoms with Crippen LogP contribution in [0.15, 0.2) is 23.1 Å². The zero-order valence-corrected chi connectivity index (χ0v) is 17.5. The van der Waals surface area contributed by atoms with E-state index in [0.29, 0.717) is 17.6 Å². The lowest BCUT2D eigenvalue weighted by atomic mass is 10.0. The highest BCUT2D eigenvalue weighted by Gasteiger charge is 2.27. The Morgan fingerprint density at radius 2 is 1.85 bits per heavy atom. The number of sulfone groups is 1. The molecule has 146 valence electrons. The van der Waals surface area contributed by atoms with Crippen molar-refractivity contribution in [3.63, 3.8) is 0 Å². The summed E-state index contributed by atoms with van der Waals surface area (Å²) in [4.78, 5) is 7.34. The van der Waals surface area contributed by atoms with Gasteiger partial charge in [-0.25, -0.2) is 8.42 Å². The number of rotatable bonds is 5. The van der Waals surface area contributed by atoms with Gasteiger partial charge >= 0.3 is 0 Å². The molecule has 2 heterocycles. The van der Waals surface area contributed by atoms with Crippen molar-refractivity contribution < 1.29 is 8.42 Å². The Balaban J connectivity index is 1.51. The lowest BCUT2D eigenvalue weighted by Gasteiger charge is -2.42. The first-order valence-electron chi connectivity index (χ1n) is 9.18. The Kier molecular flexibility index (Phi) is 6.86. The van der Waals surface area contributed by atoms with E-state index in [-0.39, 0.29) is 15.7 Å². The molecule has 2 saturated heterocycles. The van der Waals surface area contributed by atoms with Gasteiger partial charge in [0.2, 0.25) is 0 Å². The average molecular weight is 420 g/mol. The lowest BCUT2D eigenvalue weighted by molar-refractivity contribution is 0.0617. The highest BCUT2D eigenvalue weighted by atomic mass is 35.5. The van der Waals surface area contributed by atoms with Crippen molar-refractivity contribution in [2.45, 2.75) is 23.8 Å². The topological polar surface area (TPSA) is 43.9 Å². The van der Waals surface area contributed by atoms with Crippen molar-refractivity contribution in [3.8, 4) is 0 Å². The smallest absolute Gasteiger partial charge is 0.181 e. The van der Waals surface area contributed by atoms with Crippen molar-refractivity contribution in [3.05, 3.63) is 28.2 Å². The molecule has 0 aliphatic carbocycles. The SMILES string of the molecule is CN1CCCC(N2CCN(CCS(=O)(=O)c3cc(Cl)ccc3Cl)CC2)C1. The third kappa shape index (κ3) is 5.12. The number of halogens is 2. The quantitative estimate of drug-likeness (QED) is 0.733. The average Bonchev–Trinajstić information content (AvgIpc) is 2.62. The molecule has 1 aromatic carbocycles. The van der Waals surface area contributed by atoms with Gasteiger partial charge in [0.25, 0.3) is 0 Å². The maximum atomic E-state index is 12.6. The van der Waals surface area contributed by atoms with E-state index in [1.54, 1.807) is 6.07 Å². The molecule has 1 aromatic rings. The third-order valence-electron chi connectivity index (χ3n) is 5.43. The molecule has 8 heteroatoms. The van der Waals surface area contributed by atoms with Crippen molar-refractivity contribution >= 4 is 33.0 Å². The zero-order chi connectivity index (χ0) is 18.7. The summed E-state index contributed by atoms with van der Waals surface area (Å²) in [6.45, 7) is 6.72. The van der Waals surface area contributed by atoms with Gasteiger partial charge in [-0.15, -0.1) is 0 Å². The molecule has 2 aliphatic rings. The first-order valence-corrected chi connectivity index (χ1v) is 11.6. The third-order valence-corrected chi connectivity index (χ3v) is 7.83. The summed E-state index contributed by atoms with van der Waals surface area (Å²) in [5.41, 5.74) is 0. The minimum atomic E-state index is -3.43. The van der Waals surface area contributed by atoms with Gasteiger partial charge in [-0.05, 0) is 44.6 Å². The van der Waals surface area contributed by atoms with E-state index in [1.165, 1.54) is 31.5 Å². The molecule has 0 saturated carbocycles. The molecule has 3 rings (SSSR count). The summed E-state index contributed by atoms with van der Waals surface area (Å²) in [5.74, 6) is 0.0687. The fraction of sp³-hybridized carbons (Fsp3) is 0.667. The minimum absolute atomic E-state index is 0.0687. The van der Waals surface area contributed by atoms with E-state index in [4.69, 9.17) is 23.2 Å². The number of hydrogen-bond acceptors (Lipinski definition) is 5. The minimum Gasteiger partial charge on any atom is -0.305 e. The summed E-state index contributed by atoms with van der Waals surface area (Å²) in [5, 5.41) is 0.625. The van der Waals surface area contributed by atoms with Gasteiger partial charge in [0.15, 0.2) is 9.84 Å². The number of piperidine rings is 1.